The Morgan fingerprint density at radius 2 is 2.45 bits per heavy atom. The number of hydrogen-bond donors (Lipinski definition) is 0. The van der Waals surface area contributed by atoms with Crippen LogP contribution < -0.4 is 0 Å². The van der Waals surface area contributed by atoms with Gasteiger partial charge in [-0.05, 0) is 22.9 Å². The molecule has 0 atom stereocenters. The predicted octanol–water partition coefficient (Wildman–Crippen LogP) is 1.72. The second-order valence-corrected chi connectivity index (χ2v) is 3.04. The van der Waals surface area contributed by atoms with Crippen LogP contribution in [0.25, 0.3) is 0 Å². The molecule has 3 nitrogen and oxygen atoms in total. The Balaban J connectivity index is 2.62. The molecule has 0 amide bonds. The molecule has 0 bridgehead atoms. The average molecular weight is 219 g/mol. The predicted molar refractivity (Wildman–Crippen MR) is 46.2 cm³/mol. The molecule has 1 rings (SSSR count). The SMILES string of the molecule is CCOCc1nc(Br)cn1C. The normalized spacial score (nSPS) is 10.5. The topological polar surface area (TPSA) is 27.1 Å². The van der Waals surface area contributed by atoms with Gasteiger partial charge >= 0.3 is 0 Å². The van der Waals surface area contributed by atoms with E-state index in [9.17, 15) is 0 Å². The highest BCUT2D eigenvalue weighted by Gasteiger charge is 2.01. The molecule has 0 unspecified atom stereocenters. The highest BCUT2D eigenvalue weighted by Crippen LogP contribution is 2.08. The van der Waals surface area contributed by atoms with Gasteiger partial charge in [0.25, 0.3) is 0 Å². The van der Waals surface area contributed by atoms with Gasteiger partial charge in [-0.2, -0.15) is 0 Å². The second kappa shape index (κ2) is 3.88. The Bertz CT molecular complexity index is 234. The third-order valence-corrected chi connectivity index (χ3v) is 1.76. The summed E-state index contributed by atoms with van der Waals surface area (Å²) < 4.78 is 8.01. The Kier molecular flexibility index (Phi) is 3.08. The molecule has 1 aromatic heterocycles. The molecule has 1 heterocycles. The van der Waals surface area contributed by atoms with Crippen LogP contribution in [0.5, 0.6) is 0 Å². The number of ether oxygens (including phenoxy) is 1. The molecule has 0 aliphatic carbocycles. The van der Waals surface area contributed by atoms with Gasteiger partial charge in [0.2, 0.25) is 0 Å². The number of rotatable bonds is 3. The van der Waals surface area contributed by atoms with Crippen LogP contribution >= 0.6 is 15.9 Å². The van der Waals surface area contributed by atoms with E-state index in [4.69, 9.17) is 4.74 Å². The number of hydrogen-bond acceptors (Lipinski definition) is 2. The van der Waals surface area contributed by atoms with Crippen LogP contribution in [-0.2, 0) is 18.4 Å². The van der Waals surface area contributed by atoms with Crippen molar-refractivity contribution in [1.82, 2.24) is 9.55 Å². The zero-order chi connectivity index (χ0) is 8.27. The van der Waals surface area contributed by atoms with E-state index in [-0.39, 0.29) is 0 Å². The lowest BCUT2D eigenvalue weighted by atomic mass is 10.6. The maximum Gasteiger partial charge on any atom is 0.135 e. The van der Waals surface area contributed by atoms with Crippen molar-refractivity contribution in [1.29, 1.82) is 0 Å². The van der Waals surface area contributed by atoms with Crippen LogP contribution in [0.2, 0.25) is 0 Å². The number of aromatic nitrogens is 2. The number of imidazole rings is 1. The molecule has 0 aliphatic rings. The zero-order valence-electron chi connectivity index (χ0n) is 6.67. The minimum atomic E-state index is 0.582. The van der Waals surface area contributed by atoms with Crippen LogP contribution in [-0.4, -0.2) is 16.2 Å². The van der Waals surface area contributed by atoms with Gasteiger partial charge in [-0.25, -0.2) is 4.98 Å². The molecule has 1 aromatic rings. The highest BCUT2D eigenvalue weighted by atomic mass is 79.9. The van der Waals surface area contributed by atoms with E-state index >= 15 is 0 Å². The molecule has 0 fully saturated rings. The third-order valence-electron chi connectivity index (χ3n) is 1.38. The summed E-state index contributed by atoms with van der Waals surface area (Å²) >= 11 is 3.29. The van der Waals surface area contributed by atoms with E-state index in [1.165, 1.54) is 0 Å². The Labute approximate surface area is 74.5 Å². The smallest absolute Gasteiger partial charge is 0.135 e. The van der Waals surface area contributed by atoms with Gasteiger partial charge in [0.1, 0.15) is 17.0 Å². The Morgan fingerprint density at radius 3 is 2.91 bits per heavy atom. The van der Waals surface area contributed by atoms with Gasteiger partial charge in [0, 0.05) is 19.9 Å². The monoisotopic (exact) mass is 218 g/mol. The molecule has 0 saturated carbocycles. The van der Waals surface area contributed by atoms with E-state index < -0.39 is 0 Å². The number of aryl methyl sites for hydroxylation is 1. The third kappa shape index (κ3) is 2.31. The molecular formula is C7H11BrN2O. The Morgan fingerprint density at radius 1 is 1.73 bits per heavy atom. The lowest BCUT2D eigenvalue weighted by Gasteiger charge is -1.99. The Hall–Kier alpha value is -0.350. The fourth-order valence-corrected chi connectivity index (χ4v) is 1.30. The molecule has 11 heavy (non-hydrogen) atoms. The van der Waals surface area contributed by atoms with Crippen molar-refractivity contribution >= 4 is 15.9 Å². The first kappa shape index (κ1) is 8.74. The van der Waals surface area contributed by atoms with Gasteiger partial charge in [-0.1, -0.05) is 0 Å². The summed E-state index contributed by atoms with van der Waals surface area (Å²) in [6.07, 6.45) is 1.91. The van der Waals surface area contributed by atoms with Crippen molar-refractivity contribution in [3.63, 3.8) is 0 Å². The minimum Gasteiger partial charge on any atom is -0.374 e. The second-order valence-electron chi connectivity index (χ2n) is 2.23. The minimum absolute atomic E-state index is 0.582. The zero-order valence-corrected chi connectivity index (χ0v) is 8.26. The van der Waals surface area contributed by atoms with Crippen LogP contribution in [0.4, 0.5) is 0 Å². The van der Waals surface area contributed by atoms with Crippen molar-refractivity contribution in [2.75, 3.05) is 6.61 Å². The molecule has 0 N–H and O–H groups in total. The quantitative estimate of drug-likeness (QED) is 0.773. The van der Waals surface area contributed by atoms with Gasteiger partial charge < -0.3 is 9.30 Å². The van der Waals surface area contributed by atoms with Gasteiger partial charge in [-0.3, -0.25) is 0 Å². The molecule has 0 radical (unpaired) electrons. The van der Waals surface area contributed by atoms with Crippen molar-refractivity contribution in [3.05, 3.63) is 16.6 Å². The van der Waals surface area contributed by atoms with Gasteiger partial charge in [0.05, 0.1) is 0 Å². The first-order valence-electron chi connectivity index (χ1n) is 3.49. The average Bonchev–Trinajstić information content (AvgIpc) is 2.26. The summed E-state index contributed by atoms with van der Waals surface area (Å²) in [6.45, 7) is 3.28. The summed E-state index contributed by atoms with van der Waals surface area (Å²) in [7, 11) is 1.95. The molecular weight excluding hydrogens is 208 g/mol. The number of halogens is 1. The van der Waals surface area contributed by atoms with Crippen LogP contribution in [0, 0.1) is 0 Å². The van der Waals surface area contributed by atoms with Crippen molar-refractivity contribution < 1.29 is 4.74 Å². The van der Waals surface area contributed by atoms with E-state index in [1.807, 2.05) is 24.7 Å². The highest BCUT2D eigenvalue weighted by molar-refractivity contribution is 9.10. The number of nitrogens with zero attached hydrogens (tertiary/aromatic N) is 2. The van der Waals surface area contributed by atoms with Gasteiger partial charge in [-0.15, -0.1) is 0 Å². The molecule has 0 spiro atoms. The molecule has 62 valence electrons. The van der Waals surface area contributed by atoms with E-state index in [2.05, 4.69) is 20.9 Å². The molecule has 4 heteroatoms. The summed E-state index contributed by atoms with van der Waals surface area (Å²) in [5.74, 6) is 0.943. The van der Waals surface area contributed by atoms with Crippen molar-refractivity contribution in [3.8, 4) is 0 Å². The first-order valence-corrected chi connectivity index (χ1v) is 4.28. The first-order chi connectivity index (χ1) is 5.24. The van der Waals surface area contributed by atoms with Crippen LogP contribution in [0.1, 0.15) is 12.7 Å². The fraction of sp³-hybridized carbons (Fsp3) is 0.571. The van der Waals surface area contributed by atoms with Crippen molar-refractivity contribution in [2.45, 2.75) is 13.5 Å². The summed E-state index contributed by atoms with van der Waals surface area (Å²) in [6, 6.07) is 0. The standard InChI is InChI=1S/C7H11BrN2O/c1-3-11-5-7-9-6(8)4-10(7)2/h4H,3,5H2,1-2H3. The maximum atomic E-state index is 5.21. The maximum absolute atomic E-state index is 5.21. The summed E-state index contributed by atoms with van der Waals surface area (Å²) in [5, 5.41) is 0. The summed E-state index contributed by atoms with van der Waals surface area (Å²) in [5.41, 5.74) is 0. The lowest BCUT2D eigenvalue weighted by molar-refractivity contribution is 0.126. The van der Waals surface area contributed by atoms with E-state index in [0.717, 1.165) is 17.0 Å². The molecule has 0 aromatic carbocycles. The molecule has 0 aliphatic heterocycles. The van der Waals surface area contributed by atoms with E-state index in [0.29, 0.717) is 6.61 Å². The molecule has 0 saturated heterocycles. The van der Waals surface area contributed by atoms with Crippen molar-refractivity contribution in [2.24, 2.45) is 7.05 Å². The van der Waals surface area contributed by atoms with Crippen LogP contribution in [0.15, 0.2) is 10.8 Å². The summed E-state index contributed by atoms with van der Waals surface area (Å²) in [4.78, 5) is 4.20. The lowest BCUT2D eigenvalue weighted by Crippen LogP contribution is -2.00. The fourth-order valence-electron chi connectivity index (χ4n) is 0.793. The largest absolute Gasteiger partial charge is 0.374 e. The van der Waals surface area contributed by atoms with Gasteiger partial charge in [0.15, 0.2) is 0 Å². The van der Waals surface area contributed by atoms with Crippen LogP contribution in [0.3, 0.4) is 0 Å². The van der Waals surface area contributed by atoms with E-state index in [1.54, 1.807) is 0 Å².